The van der Waals surface area contributed by atoms with Crippen LogP contribution in [0, 0.1) is 10.5 Å². The molecule has 0 N–H and O–H groups in total. The van der Waals surface area contributed by atoms with Crippen molar-refractivity contribution >= 4 is 44.5 Å². The molecule has 1 aromatic rings. The molecule has 0 aliphatic carbocycles. The summed E-state index contributed by atoms with van der Waals surface area (Å²) >= 11 is 1.97. The zero-order chi connectivity index (χ0) is 13.9. The zero-order valence-corrected chi connectivity index (χ0v) is 13.8. The van der Waals surface area contributed by atoms with E-state index < -0.39 is 9.84 Å². The first-order valence-electron chi connectivity index (χ1n) is 5.37. The summed E-state index contributed by atoms with van der Waals surface area (Å²) in [6.45, 7) is 4.63. The normalized spacial score (nSPS) is 12.1. The predicted molar refractivity (Wildman–Crippen MR) is 81.3 cm³/mol. The summed E-state index contributed by atoms with van der Waals surface area (Å²) in [6, 6.07) is 1.74. The van der Waals surface area contributed by atoms with Crippen molar-refractivity contribution in [3.63, 3.8) is 0 Å². The molecule has 0 radical (unpaired) electrons. The summed E-state index contributed by atoms with van der Waals surface area (Å²) < 4.78 is 23.6. The maximum atomic E-state index is 11.5. The molecule has 0 aromatic carbocycles. The number of nitrogens with zero attached hydrogens (tertiary/aromatic N) is 3. The molecule has 0 saturated heterocycles. The molecule has 0 atom stereocenters. The third kappa shape index (κ3) is 3.91. The van der Waals surface area contributed by atoms with Gasteiger partial charge in [0.25, 0.3) is 0 Å². The molecule has 0 aliphatic rings. The van der Waals surface area contributed by atoms with Gasteiger partial charge in [-0.25, -0.2) is 18.4 Å². The minimum atomic E-state index is -3.29. The van der Waals surface area contributed by atoms with Crippen LogP contribution >= 0.6 is 22.6 Å². The van der Waals surface area contributed by atoms with Gasteiger partial charge in [-0.15, -0.1) is 0 Å². The highest BCUT2D eigenvalue weighted by atomic mass is 127. The highest BCUT2D eigenvalue weighted by Crippen LogP contribution is 2.24. The molecule has 1 rings (SSSR count). The molecule has 0 amide bonds. The Bertz CT molecular complexity index is 570. The summed E-state index contributed by atoms with van der Waals surface area (Å²) in [5.41, 5.74) is 1.30. The van der Waals surface area contributed by atoms with Crippen molar-refractivity contribution in [1.29, 1.82) is 0 Å². The summed E-state index contributed by atoms with van der Waals surface area (Å²) in [5, 5.41) is 0.114. The van der Waals surface area contributed by atoms with Gasteiger partial charge in [0.1, 0.15) is 0 Å². The maximum Gasteiger partial charge on any atom is 0.193 e. The quantitative estimate of drug-likeness (QED) is 0.455. The molecule has 0 spiro atoms. The number of hydrogen-bond acceptors (Lipinski definition) is 4. The summed E-state index contributed by atoms with van der Waals surface area (Å²) in [7, 11) is -1.37. The van der Waals surface area contributed by atoms with Gasteiger partial charge in [0, 0.05) is 19.8 Å². The molecular formula is C11H16IN3O2S. The molecular weight excluding hydrogens is 365 g/mol. The fourth-order valence-corrected chi connectivity index (χ4v) is 3.51. The molecule has 0 fully saturated rings. The lowest BCUT2D eigenvalue weighted by Gasteiger charge is -2.09. The minimum Gasteiger partial charge on any atom is -0.366 e. The van der Waals surface area contributed by atoms with Crippen LogP contribution in [0.15, 0.2) is 16.1 Å². The number of pyridine rings is 1. The van der Waals surface area contributed by atoms with Crippen LogP contribution in [0.25, 0.3) is 0 Å². The average Bonchev–Trinajstić information content (AvgIpc) is 2.27. The van der Waals surface area contributed by atoms with Gasteiger partial charge in [-0.3, -0.25) is 0 Å². The van der Waals surface area contributed by atoms with E-state index in [9.17, 15) is 8.42 Å². The highest BCUT2D eigenvalue weighted by Gasteiger charge is 2.15. The largest absolute Gasteiger partial charge is 0.366 e. The second kappa shape index (κ2) is 5.96. The van der Waals surface area contributed by atoms with Crippen LogP contribution < -0.4 is 0 Å². The van der Waals surface area contributed by atoms with E-state index in [0.717, 1.165) is 12.8 Å². The van der Waals surface area contributed by atoms with Gasteiger partial charge in [-0.05, 0) is 42.5 Å². The Balaban J connectivity index is 3.20. The lowest BCUT2D eigenvalue weighted by molar-refractivity contribution is 0.552. The first-order chi connectivity index (χ1) is 8.25. The second-order valence-corrected chi connectivity index (χ2v) is 7.06. The van der Waals surface area contributed by atoms with E-state index in [0.29, 0.717) is 15.0 Å². The topological polar surface area (TPSA) is 62.6 Å². The Kier molecular flexibility index (Phi) is 5.09. The zero-order valence-electron chi connectivity index (χ0n) is 10.8. The van der Waals surface area contributed by atoms with Crippen LogP contribution in [0.4, 0.5) is 5.69 Å². The van der Waals surface area contributed by atoms with Gasteiger partial charge < -0.3 is 4.90 Å². The van der Waals surface area contributed by atoms with Gasteiger partial charge >= 0.3 is 0 Å². The Morgan fingerprint density at radius 1 is 1.56 bits per heavy atom. The van der Waals surface area contributed by atoms with Crippen molar-refractivity contribution in [2.75, 3.05) is 19.8 Å². The van der Waals surface area contributed by atoms with Gasteiger partial charge in [-0.1, -0.05) is 0 Å². The third-order valence-electron chi connectivity index (χ3n) is 2.35. The monoisotopic (exact) mass is 381 g/mol. The number of aryl methyl sites for hydroxylation is 1. The van der Waals surface area contributed by atoms with Gasteiger partial charge in [0.2, 0.25) is 0 Å². The third-order valence-corrected chi connectivity index (χ3v) is 4.55. The van der Waals surface area contributed by atoms with E-state index >= 15 is 0 Å². The van der Waals surface area contributed by atoms with Crippen LogP contribution in [0.1, 0.15) is 12.6 Å². The molecule has 1 aromatic heterocycles. The molecule has 7 heteroatoms. The van der Waals surface area contributed by atoms with E-state index in [-0.39, 0.29) is 5.03 Å². The number of halogens is 1. The predicted octanol–water partition coefficient (Wildman–Crippen LogP) is 2.01. The number of rotatable bonds is 4. The maximum absolute atomic E-state index is 11.5. The van der Waals surface area contributed by atoms with Gasteiger partial charge in [0.05, 0.1) is 21.3 Å². The Morgan fingerprint density at radius 2 is 2.17 bits per heavy atom. The summed E-state index contributed by atoms with van der Waals surface area (Å²) in [5.74, 6) is 0. The molecule has 1 heterocycles. The Labute approximate surface area is 121 Å². The minimum absolute atomic E-state index is 0.114. The van der Waals surface area contributed by atoms with Crippen LogP contribution in [0.3, 0.4) is 0 Å². The number of hydrogen-bond donors (Lipinski definition) is 0. The first-order valence-corrected chi connectivity index (χ1v) is 8.34. The lowest BCUT2D eigenvalue weighted by Crippen LogP contribution is -2.14. The fourth-order valence-electron chi connectivity index (χ4n) is 1.18. The van der Waals surface area contributed by atoms with Crippen LogP contribution in [0.2, 0.25) is 0 Å². The van der Waals surface area contributed by atoms with E-state index in [1.807, 2.05) is 41.5 Å². The Morgan fingerprint density at radius 3 is 2.67 bits per heavy atom. The lowest BCUT2D eigenvalue weighted by atomic mass is 10.3. The molecule has 5 nitrogen and oxygen atoms in total. The van der Waals surface area contributed by atoms with Crippen molar-refractivity contribution in [2.45, 2.75) is 18.9 Å². The van der Waals surface area contributed by atoms with Crippen LogP contribution in [-0.4, -0.2) is 44.5 Å². The SMILES string of the molecule is CCN(C)/C=N/c1cc(I)c(S(C)(=O)=O)nc1C. The van der Waals surface area contributed by atoms with E-state index in [1.165, 1.54) is 0 Å². The molecule has 0 aliphatic heterocycles. The van der Waals surface area contributed by atoms with E-state index in [2.05, 4.69) is 9.98 Å². The number of aliphatic imine (C=N–C) groups is 1. The van der Waals surface area contributed by atoms with Crippen molar-refractivity contribution in [1.82, 2.24) is 9.88 Å². The van der Waals surface area contributed by atoms with Gasteiger partial charge in [0.15, 0.2) is 14.9 Å². The Hall–Kier alpha value is -0.700. The second-order valence-electron chi connectivity index (χ2n) is 3.97. The average molecular weight is 381 g/mol. The van der Waals surface area contributed by atoms with Crippen LogP contribution in [0.5, 0.6) is 0 Å². The summed E-state index contributed by atoms with van der Waals surface area (Å²) in [4.78, 5) is 10.3. The van der Waals surface area contributed by atoms with Gasteiger partial charge in [-0.2, -0.15) is 0 Å². The van der Waals surface area contributed by atoms with E-state index in [1.54, 1.807) is 19.3 Å². The highest BCUT2D eigenvalue weighted by molar-refractivity contribution is 14.1. The number of sulfone groups is 1. The fraction of sp³-hybridized carbons (Fsp3) is 0.455. The molecule has 0 unspecified atom stereocenters. The molecule has 0 bridgehead atoms. The van der Waals surface area contributed by atoms with Crippen molar-refractivity contribution in [3.8, 4) is 0 Å². The smallest absolute Gasteiger partial charge is 0.193 e. The van der Waals surface area contributed by atoms with Crippen molar-refractivity contribution in [2.24, 2.45) is 4.99 Å². The van der Waals surface area contributed by atoms with Crippen molar-refractivity contribution < 1.29 is 8.42 Å². The van der Waals surface area contributed by atoms with E-state index in [4.69, 9.17) is 0 Å². The standard InChI is InChI=1S/C11H16IN3O2S/c1-5-15(3)7-13-10-6-9(12)11(14-8(10)2)18(4,16)17/h6-7H,5H2,1-4H3/b13-7+. The molecule has 0 saturated carbocycles. The molecule has 18 heavy (non-hydrogen) atoms. The number of aromatic nitrogens is 1. The van der Waals surface area contributed by atoms with Crippen LogP contribution in [-0.2, 0) is 9.84 Å². The summed E-state index contributed by atoms with van der Waals surface area (Å²) in [6.07, 6.45) is 2.87. The van der Waals surface area contributed by atoms with Crippen molar-refractivity contribution in [3.05, 3.63) is 15.3 Å². The molecule has 100 valence electrons. The first kappa shape index (κ1) is 15.4.